The van der Waals surface area contributed by atoms with Crippen LogP contribution in [0.25, 0.3) is 5.57 Å². The molecule has 1 fully saturated rings. The second-order valence-electron chi connectivity index (χ2n) is 13.6. The Labute approximate surface area is 261 Å². The van der Waals surface area contributed by atoms with Gasteiger partial charge in [0.05, 0.1) is 6.42 Å². The lowest BCUT2D eigenvalue weighted by atomic mass is 9.71. The minimum atomic E-state index is -0.107. The predicted octanol–water partition coefficient (Wildman–Crippen LogP) is 10.3. The molecule has 43 heavy (non-hydrogen) atoms. The number of carbonyl (C=O) groups is 3. The summed E-state index contributed by atoms with van der Waals surface area (Å²) >= 11 is 0. The maximum absolute atomic E-state index is 13.7. The van der Waals surface area contributed by atoms with Gasteiger partial charge in [-0.15, -0.1) is 0 Å². The zero-order valence-corrected chi connectivity index (χ0v) is 27.3. The Hall–Kier alpha value is -2.81. The average Bonchev–Trinajstić information content (AvgIpc) is 2.97. The Bertz CT molecular complexity index is 1270. The fourth-order valence-corrected chi connectivity index (χ4v) is 8.08. The third kappa shape index (κ3) is 9.10. The van der Waals surface area contributed by atoms with E-state index in [0.717, 1.165) is 62.0 Å². The summed E-state index contributed by atoms with van der Waals surface area (Å²) in [6.07, 6.45) is 28.5. The molecule has 3 unspecified atom stereocenters. The highest BCUT2D eigenvalue weighted by Gasteiger charge is 2.34. The van der Waals surface area contributed by atoms with Crippen LogP contribution >= 0.6 is 0 Å². The third-order valence-corrected chi connectivity index (χ3v) is 10.2. The Morgan fingerprint density at radius 3 is 2.37 bits per heavy atom. The van der Waals surface area contributed by atoms with E-state index < -0.39 is 0 Å². The number of Topliss-reactive ketones (excluding diaryl/α,β-unsaturated/α-hetero) is 3. The highest BCUT2D eigenvalue weighted by molar-refractivity contribution is 6.01. The first-order valence-electron chi connectivity index (χ1n) is 17.2. The number of hydrogen-bond acceptors (Lipinski definition) is 3. The molecule has 3 aliphatic carbocycles. The topological polar surface area (TPSA) is 51.2 Å². The van der Waals surface area contributed by atoms with Gasteiger partial charge >= 0.3 is 0 Å². The van der Waals surface area contributed by atoms with E-state index in [-0.39, 0.29) is 41.5 Å². The molecule has 1 aromatic carbocycles. The molecule has 0 radical (unpaired) electrons. The molecule has 0 bridgehead atoms. The van der Waals surface area contributed by atoms with Crippen molar-refractivity contribution in [3.05, 3.63) is 76.4 Å². The summed E-state index contributed by atoms with van der Waals surface area (Å²) in [5, 5.41) is 0. The van der Waals surface area contributed by atoms with Crippen LogP contribution < -0.4 is 0 Å². The average molecular weight is 583 g/mol. The molecule has 3 nitrogen and oxygen atoms in total. The van der Waals surface area contributed by atoms with E-state index in [1.165, 1.54) is 67.7 Å². The van der Waals surface area contributed by atoms with Gasteiger partial charge in [0, 0.05) is 17.9 Å². The minimum Gasteiger partial charge on any atom is -0.300 e. The van der Waals surface area contributed by atoms with Crippen LogP contribution in [0.2, 0.25) is 0 Å². The van der Waals surface area contributed by atoms with Crippen LogP contribution in [0.4, 0.5) is 0 Å². The molecule has 0 heterocycles. The van der Waals surface area contributed by atoms with Crippen LogP contribution in [0.15, 0.2) is 54.2 Å². The molecule has 0 N–H and O–H groups in total. The standard InChI is InChI=1S/C40H54O3/c1-5-14-34(35(6-2)38(42)23-29(4)41)25-32-26-37-36(22-19-28(3)40(37)39(43)27-32)33-18-13-8-7-10-17-31(20-21-33)24-30-15-11-9-12-16-30/h7-8,10,13,19-22,30,32,34-35H,5-6,9,11-12,14-18,23-27H2,1-4H3/b10-7-,13-8-,31-20+,33-21+. The monoisotopic (exact) mass is 582 g/mol. The fourth-order valence-electron chi connectivity index (χ4n) is 8.08. The van der Waals surface area contributed by atoms with Gasteiger partial charge in [-0.1, -0.05) is 113 Å². The first-order valence-corrected chi connectivity index (χ1v) is 17.2. The normalized spacial score (nSPS) is 24.9. The van der Waals surface area contributed by atoms with E-state index in [4.69, 9.17) is 0 Å². The van der Waals surface area contributed by atoms with Crippen molar-refractivity contribution in [2.24, 2.45) is 23.7 Å². The molecule has 1 saturated carbocycles. The molecule has 0 aromatic heterocycles. The molecule has 0 amide bonds. The number of fused-ring (bicyclic) bond motifs is 1. The van der Waals surface area contributed by atoms with Gasteiger partial charge < -0.3 is 0 Å². The maximum atomic E-state index is 13.7. The first-order chi connectivity index (χ1) is 20.8. The van der Waals surface area contributed by atoms with Crippen molar-refractivity contribution in [3.8, 4) is 0 Å². The zero-order chi connectivity index (χ0) is 30.8. The first kappa shape index (κ1) is 33.1. The quantitative estimate of drug-likeness (QED) is 0.230. The number of rotatable bonds is 12. The number of ketones is 3. The van der Waals surface area contributed by atoms with Crippen molar-refractivity contribution in [2.75, 3.05) is 0 Å². The summed E-state index contributed by atoms with van der Waals surface area (Å²) in [5.74, 6) is 1.39. The summed E-state index contributed by atoms with van der Waals surface area (Å²) in [5.41, 5.74) is 7.21. The highest BCUT2D eigenvalue weighted by atomic mass is 16.1. The lowest BCUT2D eigenvalue weighted by Gasteiger charge is -2.33. The number of carbonyl (C=O) groups excluding carboxylic acids is 3. The van der Waals surface area contributed by atoms with E-state index in [2.05, 4.69) is 69.4 Å². The van der Waals surface area contributed by atoms with Gasteiger partial charge in [-0.05, 0) is 92.4 Å². The minimum absolute atomic E-state index is 0.0294. The summed E-state index contributed by atoms with van der Waals surface area (Å²) in [7, 11) is 0. The fraction of sp³-hybridized carbons (Fsp3) is 0.575. The maximum Gasteiger partial charge on any atom is 0.163 e. The molecule has 3 aliphatic rings. The van der Waals surface area contributed by atoms with Crippen molar-refractivity contribution in [2.45, 2.75) is 124 Å². The molecule has 0 spiro atoms. The zero-order valence-electron chi connectivity index (χ0n) is 27.3. The van der Waals surface area contributed by atoms with E-state index in [1.54, 1.807) is 0 Å². The van der Waals surface area contributed by atoms with E-state index in [0.29, 0.717) is 6.42 Å². The molecule has 3 atom stereocenters. The van der Waals surface area contributed by atoms with Crippen molar-refractivity contribution < 1.29 is 14.4 Å². The Balaban J connectivity index is 1.64. The number of hydrogen-bond donors (Lipinski definition) is 0. The van der Waals surface area contributed by atoms with Gasteiger partial charge in [0.2, 0.25) is 0 Å². The Morgan fingerprint density at radius 2 is 1.67 bits per heavy atom. The van der Waals surface area contributed by atoms with Crippen molar-refractivity contribution >= 4 is 22.9 Å². The van der Waals surface area contributed by atoms with Crippen LogP contribution in [-0.2, 0) is 16.0 Å². The molecule has 0 aliphatic heterocycles. The molecule has 3 heteroatoms. The summed E-state index contributed by atoms with van der Waals surface area (Å²) in [6, 6.07) is 4.38. The second-order valence-corrected chi connectivity index (χ2v) is 13.6. The van der Waals surface area contributed by atoms with Gasteiger partial charge in [0.15, 0.2) is 5.78 Å². The van der Waals surface area contributed by atoms with Crippen LogP contribution in [0.3, 0.4) is 0 Å². The van der Waals surface area contributed by atoms with Gasteiger partial charge in [0.25, 0.3) is 0 Å². The summed E-state index contributed by atoms with van der Waals surface area (Å²) in [4.78, 5) is 38.6. The van der Waals surface area contributed by atoms with Gasteiger partial charge in [-0.3, -0.25) is 14.4 Å². The smallest absolute Gasteiger partial charge is 0.163 e. The number of allylic oxidation sites excluding steroid dienone is 8. The van der Waals surface area contributed by atoms with E-state index >= 15 is 0 Å². The summed E-state index contributed by atoms with van der Waals surface area (Å²) in [6.45, 7) is 7.82. The van der Waals surface area contributed by atoms with Crippen LogP contribution in [0, 0.1) is 30.6 Å². The van der Waals surface area contributed by atoms with Crippen LogP contribution in [0.1, 0.15) is 138 Å². The predicted molar refractivity (Wildman–Crippen MR) is 179 cm³/mol. The van der Waals surface area contributed by atoms with E-state index in [1.807, 2.05) is 0 Å². The SMILES string of the molecule is CCCC(CC1CC(=O)c2c(C)ccc(/C3=C/C=C(/CC4CCCCC4)C/C=C\C=C/C3)c2C1)C(CC)C(=O)CC(C)=O. The van der Waals surface area contributed by atoms with Crippen LogP contribution in [-0.4, -0.2) is 17.3 Å². The Morgan fingerprint density at radius 1 is 0.930 bits per heavy atom. The number of aryl methyl sites for hydroxylation is 1. The molecular weight excluding hydrogens is 528 g/mol. The largest absolute Gasteiger partial charge is 0.300 e. The van der Waals surface area contributed by atoms with Gasteiger partial charge in [-0.2, -0.15) is 0 Å². The lowest BCUT2D eigenvalue weighted by Crippen LogP contribution is -2.30. The molecule has 232 valence electrons. The van der Waals surface area contributed by atoms with Crippen LogP contribution in [0.5, 0.6) is 0 Å². The molecule has 1 aromatic rings. The Kier molecular flexibility index (Phi) is 12.6. The second kappa shape index (κ2) is 16.3. The van der Waals surface area contributed by atoms with Gasteiger partial charge in [-0.25, -0.2) is 0 Å². The van der Waals surface area contributed by atoms with E-state index in [9.17, 15) is 14.4 Å². The molecule has 4 rings (SSSR count). The molecule has 0 saturated heterocycles. The third-order valence-electron chi connectivity index (χ3n) is 10.2. The van der Waals surface area contributed by atoms with Crippen molar-refractivity contribution in [1.82, 2.24) is 0 Å². The lowest BCUT2D eigenvalue weighted by molar-refractivity contribution is -0.129. The highest BCUT2D eigenvalue weighted by Crippen LogP contribution is 2.40. The van der Waals surface area contributed by atoms with Gasteiger partial charge in [0.1, 0.15) is 11.6 Å². The van der Waals surface area contributed by atoms with Crippen molar-refractivity contribution in [1.29, 1.82) is 0 Å². The number of benzene rings is 1. The summed E-state index contributed by atoms with van der Waals surface area (Å²) < 4.78 is 0. The molecular formula is C40H54O3. The van der Waals surface area contributed by atoms with Crippen molar-refractivity contribution in [3.63, 3.8) is 0 Å².